The molecule has 0 radical (unpaired) electrons. The minimum absolute atomic E-state index is 0.453. The summed E-state index contributed by atoms with van der Waals surface area (Å²) >= 11 is 6.75. The fourth-order valence-corrected chi connectivity index (χ4v) is 5.56. The Morgan fingerprint density at radius 3 is 2.33 bits per heavy atom. The van der Waals surface area contributed by atoms with Gasteiger partial charge in [-0.2, -0.15) is 0 Å². The van der Waals surface area contributed by atoms with Crippen LogP contribution < -0.4 is 4.46 Å². The molecule has 1 aliphatic carbocycles. The fourth-order valence-electron chi connectivity index (χ4n) is 2.20. The van der Waals surface area contributed by atoms with Gasteiger partial charge >= 0.3 is 104 Å². The molecule has 82 valence electrons. The summed E-state index contributed by atoms with van der Waals surface area (Å²) in [5.74, 6) is 0.849. The first-order valence-corrected chi connectivity index (χ1v) is 7.89. The van der Waals surface area contributed by atoms with Crippen LogP contribution in [0.25, 0.3) is 0 Å². The average molecular weight is 288 g/mol. The normalized spacial score (nSPS) is 20.1. The van der Waals surface area contributed by atoms with Gasteiger partial charge in [0.2, 0.25) is 0 Å². The van der Waals surface area contributed by atoms with Crippen LogP contribution in [0.2, 0.25) is 4.31 Å². The number of rotatable bonds is 3. The maximum atomic E-state index is 6.20. The molecule has 0 heterocycles. The molecule has 15 heavy (non-hydrogen) atoms. The standard InChI is InChI=1S/C13H17ClSe/c14-11-13(9-5-2-6-10-13)15-12-7-3-1-4-8-12/h1,3-4,7-8H,2,5-6,9-11H2. The van der Waals surface area contributed by atoms with Gasteiger partial charge in [0, 0.05) is 0 Å². The van der Waals surface area contributed by atoms with Gasteiger partial charge in [-0.05, 0) is 0 Å². The summed E-state index contributed by atoms with van der Waals surface area (Å²) in [7, 11) is 0. The molecule has 0 amide bonds. The first-order chi connectivity index (χ1) is 7.35. The first-order valence-electron chi connectivity index (χ1n) is 5.65. The molecule has 0 aliphatic heterocycles. The minimum atomic E-state index is 0.453. The second-order valence-corrected chi connectivity index (χ2v) is 7.79. The van der Waals surface area contributed by atoms with Crippen LogP contribution in [0, 0.1) is 0 Å². The van der Waals surface area contributed by atoms with E-state index in [1.807, 2.05) is 0 Å². The van der Waals surface area contributed by atoms with Crippen LogP contribution in [0.4, 0.5) is 0 Å². The topological polar surface area (TPSA) is 0 Å². The van der Waals surface area contributed by atoms with Crippen molar-refractivity contribution >= 4 is 31.0 Å². The molecule has 1 aromatic carbocycles. The molecule has 0 nitrogen and oxygen atoms in total. The van der Waals surface area contributed by atoms with Crippen LogP contribution >= 0.6 is 11.6 Å². The van der Waals surface area contributed by atoms with Crippen molar-refractivity contribution in [2.45, 2.75) is 36.4 Å². The number of alkyl halides is 1. The van der Waals surface area contributed by atoms with Gasteiger partial charge < -0.3 is 0 Å². The SMILES string of the molecule is ClCC1([Se]c2ccccc2)CCCCC1. The molecule has 1 saturated carbocycles. The molecule has 2 rings (SSSR count). The monoisotopic (exact) mass is 288 g/mol. The van der Waals surface area contributed by atoms with Crippen molar-refractivity contribution in [1.29, 1.82) is 0 Å². The Kier molecular flexibility index (Phi) is 4.13. The zero-order valence-corrected chi connectivity index (χ0v) is 11.4. The number of hydrogen-bond donors (Lipinski definition) is 0. The van der Waals surface area contributed by atoms with Crippen molar-refractivity contribution in [3.8, 4) is 0 Å². The van der Waals surface area contributed by atoms with E-state index in [2.05, 4.69) is 30.3 Å². The molecule has 0 aromatic heterocycles. The number of halogens is 1. The summed E-state index contributed by atoms with van der Waals surface area (Å²) in [5, 5.41) is 0. The van der Waals surface area contributed by atoms with E-state index in [1.54, 1.807) is 0 Å². The van der Waals surface area contributed by atoms with Crippen molar-refractivity contribution in [1.82, 2.24) is 0 Å². The quantitative estimate of drug-likeness (QED) is 0.591. The summed E-state index contributed by atoms with van der Waals surface area (Å²) in [5.41, 5.74) is 0. The molecule has 2 heteroatoms. The number of benzene rings is 1. The van der Waals surface area contributed by atoms with Crippen LogP contribution in [0.5, 0.6) is 0 Å². The Morgan fingerprint density at radius 2 is 1.73 bits per heavy atom. The van der Waals surface area contributed by atoms with E-state index in [1.165, 1.54) is 36.6 Å². The maximum absolute atomic E-state index is 6.20. The zero-order chi connectivity index (χ0) is 10.6. The molecular weight excluding hydrogens is 271 g/mol. The second kappa shape index (κ2) is 5.39. The second-order valence-electron chi connectivity index (χ2n) is 4.29. The summed E-state index contributed by atoms with van der Waals surface area (Å²) in [4.78, 5) is 0. The summed E-state index contributed by atoms with van der Waals surface area (Å²) < 4.78 is 1.96. The Bertz CT molecular complexity index is 291. The van der Waals surface area contributed by atoms with Gasteiger partial charge in [0.05, 0.1) is 0 Å². The third-order valence-corrected chi connectivity index (χ3v) is 7.09. The van der Waals surface area contributed by atoms with Crippen molar-refractivity contribution in [3.05, 3.63) is 30.3 Å². The van der Waals surface area contributed by atoms with E-state index in [0.717, 1.165) is 5.88 Å². The van der Waals surface area contributed by atoms with Gasteiger partial charge in [-0.25, -0.2) is 0 Å². The molecule has 1 fully saturated rings. The Hall–Kier alpha value is 0.0295. The molecular formula is C13H17ClSe. The molecule has 1 aliphatic rings. The summed E-state index contributed by atoms with van der Waals surface area (Å²) in [6, 6.07) is 10.9. The van der Waals surface area contributed by atoms with E-state index in [-0.39, 0.29) is 0 Å². The Labute approximate surface area is 104 Å². The van der Waals surface area contributed by atoms with Gasteiger partial charge in [0.25, 0.3) is 0 Å². The average Bonchev–Trinajstić information content (AvgIpc) is 2.32. The first kappa shape index (κ1) is 11.5. The molecule has 0 saturated heterocycles. The molecule has 0 unspecified atom stereocenters. The van der Waals surface area contributed by atoms with Crippen LogP contribution in [-0.4, -0.2) is 20.8 Å². The van der Waals surface area contributed by atoms with E-state index < -0.39 is 0 Å². The van der Waals surface area contributed by atoms with Crippen molar-refractivity contribution in [3.63, 3.8) is 0 Å². The molecule has 1 aromatic rings. The van der Waals surface area contributed by atoms with Gasteiger partial charge in [-0.3, -0.25) is 0 Å². The Morgan fingerprint density at radius 1 is 1.07 bits per heavy atom. The molecule has 0 atom stereocenters. The molecule has 0 N–H and O–H groups in total. The third-order valence-electron chi connectivity index (χ3n) is 3.09. The summed E-state index contributed by atoms with van der Waals surface area (Å²) in [6.07, 6.45) is 6.84. The predicted molar refractivity (Wildman–Crippen MR) is 68.3 cm³/mol. The van der Waals surface area contributed by atoms with Crippen LogP contribution in [-0.2, 0) is 0 Å². The number of hydrogen-bond acceptors (Lipinski definition) is 0. The Balaban J connectivity index is 2.07. The van der Waals surface area contributed by atoms with Crippen LogP contribution in [0.3, 0.4) is 0 Å². The zero-order valence-electron chi connectivity index (χ0n) is 8.92. The molecule has 0 bridgehead atoms. The van der Waals surface area contributed by atoms with E-state index >= 15 is 0 Å². The van der Waals surface area contributed by atoms with E-state index in [4.69, 9.17) is 11.6 Å². The van der Waals surface area contributed by atoms with Gasteiger partial charge in [0.15, 0.2) is 0 Å². The predicted octanol–water partition coefficient (Wildman–Crippen LogP) is 3.38. The van der Waals surface area contributed by atoms with Gasteiger partial charge in [-0.15, -0.1) is 0 Å². The van der Waals surface area contributed by atoms with Crippen LogP contribution in [0.15, 0.2) is 30.3 Å². The third kappa shape index (κ3) is 3.00. The molecule has 0 spiro atoms. The van der Waals surface area contributed by atoms with Crippen LogP contribution in [0.1, 0.15) is 32.1 Å². The van der Waals surface area contributed by atoms with E-state index in [9.17, 15) is 0 Å². The van der Waals surface area contributed by atoms with Crippen molar-refractivity contribution in [2.75, 3.05) is 5.88 Å². The van der Waals surface area contributed by atoms with Gasteiger partial charge in [-0.1, -0.05) is 0 Å². The fraction of sp³-hybridized carbons (Fsp3) is 0.538. The van der Waals surface area contributed by atoms with Gasteiger partial charge in [0.1, 0.15) is 0 Å². The van der Waals surface area contributed by atoms with Crippen molar-refractivity contribution in [2.24, 2.45) is 0 Å². The van der Waals surface area contributed by atoms with E-state index in [0.29, 0.717) is 19.3 Å². The summed E-state index contributed by atoms with van der Waals surface area (Å²) in [6.45, 7) is 0. The van der Waals surface area contributed by atoms with Crippen molar-refractivity contribution < 1.29 is 0 Å².